The van der Waals surface area contributed by atoms with Crippen LogP contribution in [0.1, 0.15) is 19.2 Å². The third-order valence-electron chi connectivity index (χ3n) is 4.20. The summed E-state index contributed by atoms with van der Waals surface area (Å²) in [5.74, 6) is -0.750. The number of aromatic nitrogens is 2. The van der Waals surface area contributed by atoms with Crippen molar-refractivity contribution in [2.24, 2.45) is 0 Å². The van der Waals surface area contributed by atoms with Crippen molar-refractivity contribution in [3.63, 3.8) is 0 Å². The highest BCUT2D eigenvalue weighted by Crippen LogP contribution is 2.21. The molecule has 2 aromatic carbocycles. The molecule has 0 bridgehead atoms. The summed E-state index contributed by atoms with van der Waals surface area (Å²) in [5, 5.41) is 3.92. The molecule has 0 aliphatic rings. The largest absolute Gasteiger partial charge is 0.497 e. The number of carbonyl (C=O) groups excluding carboxylic acids is 1. The third kappa shape index (κ3) is 4.33. The van der Waals surface area contributed by atoms with E-state index >= 15 is 0 Å². The van der Waals surface area contributed by atoms with Crippen molar-refractivity contribution in [1.29, 1.82) is 0 Å². The zero-order valence-electron chi connectivity index (χ0n) is 15.5. The first kappa shape index (κ1) is 19.5. The first-order valence-corrected chi connectivity index (χ1v) is 8.74. The molecule has 0 aliphatic carbocycles. The number of hydrogen-bond donors (Lipinski definition) is 0. The maximum atomic E-state index is 13.4. The molecule has 0 atom stereocenters. The predicted molar refractivity (Wildman–Crippen MR) is 99.0 cm³/mol. The topological polar surface area (TPSA) is 68.5 Å². The molecule has 0 fully saturated rings. The Labute approximate surface area is 160 Å². The molecular weight excluding hydrogens is 368 g/mol. The summed E-state index contributed by atoms with van der Waals surface area (Å²) in [6.07, 6.45) is 0.333. The Balaban J connectivity index is 1.65. The van der Waals surface area contributed by atoms with E-state index < -0.39 is 11.6 Å². The van der Waals surface area contributed by atoms with Crippen LogP contribution in [0.4, 0.5) is 14.5 Å². The molecule has 6 nitrogen and oxygen atoms in total. The van der Waals surface area contributed by atoms with Crippen molar-refractivity contribution in [3.8, 4) is 17.1 Å². The fraction of sp³-hybridized carbons (Fsp3) is 0.250. The minimum atomic E-state index is -0.996. The summed E-state index contributed by atoms with van der Waals surface area (Å²) in [5.41, 5.74) is 1.06. The van der Waals surface area contributed by atoms with Crippen LogP contribution in [0, 0.1) is 11.6 Å². The molecule has 3 rings (SSSR count). The highest BCUT2D eigenvalue weighted by Gasteiger charge is 2.17. The Bertz CT molecular complexity index is 958. The van der Waals surface area contributed by atoms with Gasteiger partial charge in [-0.3, -0.25) is 4.79 Å². The van der Waals surface area contributed by atoms with Crippen LogP contribution in [-0.2, 0) is 11.2 Å². The summed E-state index contributed by atoms with van der Waals surface area (Å²) in [6.45, 7) is 2.08. The van der Waals surface area contributed by atoms with Crippen molar-refractivity contribution < 1.29 is 22.8 Å². The van der Waals surface area contributed by atoms with Crippen molar-refractivity contribution in [2.75, 3.05) is 18.6 Å². The number of anilines is 1. The van der Waals surface area contributed by atoms with E-state index in [0.717, 1.165) is 23.4 Å². The Hall–Kier alpha value is -3.29. The van der Waals surface area contributed by atoms with Gasteiger partial charge < -0.3 is 14.2 Å². The molecule has 1 heterocycles. The summed E-state index contributed by atoms with van der Waals surface area (Å²) in [7, 11) is 1.58. The number of rotatable bonds is 7. The van der Waals surface area contributed by atoms with Gasteiger partial charge >= 0.3 is 0 Å². The molecule has 0 saturated heterocycles. The van der Waals surface area contributed by atoms with Gasteiger partial charge in [0.2, 0.25) is 17.6 Å². The second-order valence-electron chi connectivity index (χ2n) is 5.98. The number of carbonyl (C=O) groups is 1. The van der Waals surface area contributed by atoms with Crippen molar-refractivity contribution in [2.45, 2.75) is 19.8 Å². The Kier molecular flexibility index (Phi) is 5.98. The summed E-state index contributed by atoms with van der Waals surface area (Å²) in [4.78, 5) is 18.2. The fourth-order valence-corrected chi connectivity index (χ4v) is 2.72. The molecule has 28 heavy (non-hydrogen) atoms. The molecule has 146 valence electrons. The lowest BCUT2D eigenvalue weighted by atomic mass is 10.2. The Morgan fingerprint density at radius 2 is 1.89 bits per heavy atom. The molecule has 1 aromatic heterocycles. The number of amides is 1. The first-order chi connectivity index (χ1) is 13.5. The molecule has 0 saturated carbocycles. The molecule has 0 unspecified atom stereocenters. The number of aryl methyl sites for hydroxylation is 1. The Morgan fingerprint density at radius 1 is 1.14 bits per heavy atom. The van der Waals surface area contributed by atoms with E-state index in [4.69, 9.17) is 9.26 Å². The van der Waals surface area contributed by atoms with Gasteiger partial charge in [0.25, 0.3) is 0 Å². The maximum Gasteiger partial charge on any atom is 0.227 e. The fourth-order valence-electron chi connectivity index (χ4n) is 2.72. The van der Waals surface area contributed by atoms with E-state index in [2.05, 4.69) is 10.1 Å². The highest BCUT2D eigenvalue weighted by molar-refractivity contribution is 5.93. The van der Waals surface area contributed by atoms with Crippen LogP contribution in [0.2, 0.25) is 0 Å². The lowest BCUT2D eigenvalue weighted by Crippen LogP contribution is -2.30. The quantitative estimate of drug-likeness (QED) is 0.613. The van der Waals surface area contributed by atoms with Crippen LogP contribution in [-0.4, -0.2) is 29.7 Å². The van der Waals surface area contributed by atoms with Gasteiger partial charge in [0, 0.05) is 36.7 Å². The molecule has 1 amide bonds. The average molecular weight is 387 g/mol. The molecule has 3 aromatic rings. The average Bonchev–Trinajstić information content (AvgIpc) is 3.19. The summed E-state index contributed by atoms with van der Waals surface area (Å²) >= 11 is 0. The van der Waals surface area contributed by atoms with Gasteiger partial charge in [-0.25, -0.2) is 8.78 Å². The lowest BCUT2D eigenvalue weighted by Gasteiger charge is -2.20. The van der Waals surface area contributed by atoms with Crippen LogP contribution in [0.25, 0.3) is 11.4 Å². The van der Waals surface area contributed by atoms with E-state index in [9.17, 15) is 13.6 Å². The first-order valence-electron chi connectivity index (χ1n) is 8.74. The van der Waals surface area contributed by atoms with Crippen molar-refractivity contribution in [1.82, 2.24) is 10.1 Å². The highest BCUT2D eigenvalue weighted by atomic mass is 19.2. The maximum absolute atomic E-state index is 13.4. The van der Waals surface area contributed by atoms with Gasteiger partial charge in [-0.1, -0.05) is 5.16 Å². The molecular formula is C20H19F2N3O3. The number of hydrogen-bond acceptors (Lipinski definition) is 5. The molecule has 8 heteroatoms. The standard InChI is InChI=1S/C20H19F2N3O3/c1-3-25(14-6-9-16(21)17(22)12-14)19(26)11-10-18-23-20(24-28-18)13-4-7-15(27-2)8-5-13/h4-9,12H,3,10-11H2,1-2H3. The number of benzene rings is 2. The van der Waals surface area contributed by atoms with Crippen LogP contribution >= 0.6 is 0 Å². The monoisotopic (exact) mass is 387 g/mol. The van der Waals surface area contributed by atoms with E-state index in [1.807, 2.05) is 0 Å². The SMILES string of the molecule is CCN(C(=O)CCc1nc(-c2ccc(OC)cc2)no1)c1ccc(F)c(F)c1. The van der Waals surface area contributed by atoms with Gasteiger partial charge in [-0.15, -0.1) is 0 Å². The number of ether oxygens (including phenoxy) is 1. The molecule has 0 spiro atoms. The third-order valence-corrected chi connectivity index (χ3v) is 4.20. The zero-order chi connectivity index (χ0) is 20.1. The van der Waals surface area contributed by atoms with Gasteiger partial charge in [0.05, 0.1) is 7.11 Å². The van der Waals surface area contributed by atoms with Gasteiger partial charge in [0.1, 0.15) is 5.75 Å². The van der Waals surface area contributed by atoms with Gasteiger partial charge in [-0.05, 0) is 43.3 Å². The van der Waals surface area contributed by atoms with Crippen molar-refractivity contribution >= 4 is 11.6 Å². The number of nitrogens with zero attached hydrogens (tertiary/aromatic N) is 3. The van der Waals surface area contributed by atoms with E-state index in [1.54, 1.807) is 38.3 Å². The molecule has 0 aliphatic heterocycles. The number of halogens is 2. The van der Waals surface area contributed by atoms with Crippen LogP contribution in [0.5, 0.6) is 5.75 Å². The van der Waals surface area contributed by atoms with E-state index in [-0.39, 0.29) is 18.7 Å². The smallest absolute Gasteiger partial charge is 0.227 e. The normalized spacial score (nSPS) is 10.7. The van der Waals surface area contributed by atoms with Crippen LogP contribution in [0.3, 0.4) is 0 Å². The number of methoxy groups -OCH3 is 1. The predicted octanol–water partition coefficient (Wildman–Crippen LogP) is 4.01. The summed E-state index contributed by atoms with van der Waals surface area (Å²) < 4.78 is 36.9. The summed E-state index contributed by atoms with van der Waals surface area (Å²) in [6, 6.07) is 10.6. The molecule has 0 N–H and O–H groups in total. The second kappa shape index (κ2) is 8.60. The van der Waals surface area contributed by atoms with E-state index in [0.29, 0.717) is 23.9 Å². The zero-order valence-corrected chi connectivity index (χ0v) is 15.5. The van der Waals surface area contributed by atoms with Crippen molar-refractivity contribution in [3.05, 3.63) is 60.0 Å². The van der Waals surface area contributed by atoms with Gasteiger partial charge in [0.15, 0.2) is 11.6 Å². The molecule has 0 radical (unpaired) electrons. The van der Waals surface area contributed by atoms with Gasteiger partial charge in [-0.2, -0.15) is 4.98 Å². The Morgan fingerprint density at radius 3 is 2.54 bits per heavy atom. The van der Waals surface area contributed by atoms with Crippen LogP contribution < -0.4 is 9.64 Å². The van der Waals surface area contributed by atoms with Crippen LogP contribution in [0.15, 0.2) is 47.0 Å². The minimum Gasteiger partial charge on any atom is -0.497 e. The lowest BCUT2D eigenvalue weighted by molar-refractivity contribution is -0.118. The van der Waals surface area contributed by atoms with E-state index in [1.165, 1.54) is 11.0 Å². The minimum absolute atomic E-state index is 0.0943. The second-order valence-corrected chi connectivity index (χ2v) is 5.98.